The van der Waals surface area contributed by atoms with Crippen LogP contribution in [0.2, 0.25) is 0 Å². The van der Waals surface area contributed by atoms with Gasteiger partial charge >= 0.3 is 6.09 Å². The van der Waals surface area contributed by atoms with Gasteiger partial charge in [-0.25, -0.2) is 4.79 Å². The molecule has 0 saturated heterocycles. The van der Waals surface area contributed by atoms with Crippen molar-refractivity contribution in [3.8, 4) is 0 Å². The zero-order valence-electron chi connectivity index (χ0n) is 10.9. The maximum Gasteiger partial charge on any atom is 0.411 e. The summed E-state index contributed by atoms with van der Waals surface area (Å²) in [6.07, 6.45) is 5.78. The van der Waals surface area contributed by atoms with E-state index in [2.05, 4.69) is 18.8 Å². The molecule has 0 unspecified atom stereocenters. The first-order chi connectivity index (χ1) is 8.76. The van der Waals surface area contributed by atoms with E-state index in [-0.39, 0.29) is 0 Å². The van der Waals surface area contributed by atoms with Gasteiger partial charge in [0, 0.05) is 5.69 Å². The van der Waals surface area contributed by atoms with Gasteiger partial charge in [0.1, 0.15) is 0 Å². The summed E-state index contributed by atoms with van der Waals surface area (Å²) in [4.78, 5) is 11.4. The lowest BCUT2D eigenvalue weighted by atomic mass is 10.2. The number of carbonyl (C=O) groups excluding carboxylic acids is 1. The van der Waals surface area contributed by atoms with E-state index in [1.807, 2.05) is 24.3 Å². The molecule has 18 heavy (non-hydrogen) atoms. The fraction of sp³-hybridized carbons (Fsp3) is 0.400. The third-order valence-electron chi connectivity index (χ3n) is 2.62. The maximum atomic E-state index is 11.4. The van der Waals surface area contributed by atoms with Crippen LogP contribution >= 0.6 is 0 Å². The van der Waals surface area contributed by atoms with E-state index in [4.69, 9.17) is 4.74 Å². The fourth-order valence-electron chi connectivity index (χ4n) is 1.55. The number of amides is 1. The van der Waals surface area contributed by atoms with Crippen LogP contribution in [0.4, 0.5) is 10.5 Å². The average Bonchev–Trinajstić information content (AvgIpc) is 2.39. The highest BCUT2D eigenvalue weighted by molar-refractivity contribution is 5.84. The van der Waals surface area contributed by atoms with Gasteiger partial charge in [0.05, 0.1) is 6.61 Å². The molecular formula is C15H21NO2. The predicted octanol–water partition coefficient (Wildman–Crippen LogP) is 4.46. The molecule has 0 bridgehead atoms. The van der Waals surface area contributed by atoms with Crippen molar-refractivity contribution in [3.05, 3.63) is 36.4 Å². The third kappa shape index (κ3) is 5.53. The molecule has 0 saturated carbocycles. The largest absolute Gasteiger partial charge is 0.449 e. The van der Waals surface area contributed by atoms with E-state index >= 15 is 0 Å². The van der Waals surface area contributed by atoms with E-state index in [0.717, 1.165) is 24.1 Å². The summed E-state index contributed by atoms with van der Waals surface area (Å²) in [5.41, 5.74) is 1.76. The van der Waals surface area contributed by atoms with Crippen molar-refractivity contribution in [1.82, 2.24) is 0 Å². The minimum atomic E-state index is -0.391. The molecule has 3 heteroatoms. The second kappa shape index (κ2) is 8.34. The highest BCUT2D eigenvalue weighted by Crippen LogP contribution is 2.10. The Morgan fingerprint density at radius 2 is 2.00 bits per heavy atom. The minimum absolute atomic E-state index is 0.391. The van der Waals surface area contributed by atoms with Crippen molar-refractivity contribution in [2.24, 2.45) is 0 Å². The van der Waals surface area contributed by atoms with Crippen LogP contribution in [0.25, 0.3) is 6.08 Å². The smallest absolute Gasteiger partial charge is 0.411 e. The van der Waals surface area contributed by atoms with E-state index in [1.165, 1.54) is 12.8 Å². The molecule has 0 aromatic heterocycles. The highest BCUT2D eigenvalue weighted by atomic mass is 16.5. The molecule has 98 valence electrons. The topological polar surface area (TPSA) is 38.3 Å². The van der Waals surface area contributed by atoms with Crippen molar-refractivity contribution in [2.75, 3.05) is 11.9 Å². The Balaban J connectivity index is 2.24. The van der Waals surface area contributed by atoms with Crippen molar-refractivity contribution < 1.29 is 9.53 Å². The van der Waals surface area contributed by atoms with Crippen LogP contribution in [0.5, 0.6) is 0 Å². The highest BCUT2D eigenvalue weighted by Gasteiger charge is 2.02. The van der Waals surface area contributed by atoms with Crippen molar-refractivity contribution in [1.29, 1.82) is 0 Å². The van der Waals surface area contributed by atoms with Gasteiger partial charge < -0.3 is 4.74 Å². The Morgan fingerprint density at radius 3 is 2.61 bits per heavy atom. The number of nitrogens with one attached hydrogen (secondary N) is 1. The molecular weight excluding hydrogens is 226 g/mol. The quantitative estimate of drug-likeness (QED) is 0.722. The molecule has 0 aliphatic carbocycles. The van der Waals surface area contributed by atoms with Gasteiger partial charge in [-0.2, -0.15) is 0 Å². The van der Waals surface area contributed by atoms with Crippen LogP contribution in [0.3, 0.4) is 0 Å². The van der Waals surface area contributed by atoms with Crippen LogP contribution in [-0.4, -0.2) is 12.7 Å². The molecule has 1 rings (SSSR count). The van der Waals surface area contributed by atoms with Gasteiger partial charge in [-0.1, -0.05) is 51.0 Å². The lowest BCUT2D eigenvalue weighted by molar-refractivity contribution is 0.159. The van der Waals surface area contributed by atoms with Gasteiger partial charge in [-0.15, -0.1) is 0 Å². The van der Waals surface area contributed by atoms with Crippen LogP contribution in [0.15, 0.2) is 30.8 Å². The Hall–Kier alpha value is -1.77. The molecule has 0 atom stereocenters. The Bertz CT molecular complexity index is 371. The van der Waals surface area contributed by atoms with E-state index in [0.29, 0.717) is 6.61 Å². The van der Waals surface area contributed by atoms with E-state index in [1.54, 1.807) is 6.08 Å². The average molecular weight is 247 g/mol. The molecule has 0 fully saturated rings. The summed E-state index contributed by atoms with van der Waals surface area (Å²) in [6.45, 7) is 6.31. The standard InChI is InChI=1S/C15H21NO2/c1-3-5-6-7-12-18-15(17)16-14-10-8-13(4-2)9-11-14/h4,8-11H,2-3,5-7,12H2,1H3,(H,16,17). The fourth-order valence-corrected chi connectivity index (χ4v) is 1.55. The Morgan fingerprint density at radius 1 is 1.28 bits per heavy atom. The molecule has 0 radical (unpaired) electrons. The normalized spacial score (nSPS) is 9.83. The molecule has 1 N–H and O–H groups in total. The summed E-state index contributed by atoms with van der Waals surface area (Å²) in [7, 11) is 0. The number of hydrogen-bond donors (Lipinski definition) is 1. The summed E-state index contributed by atoms with van der Waals surface area (Å²) in [5.74, 6) is 0. The van der Waals surface area contributed by atoms with Crippen LogP contribution in [0.1, 0.15) is 38.2 Å². The minimum Gasteiger partial charge on any atom is -0.449 e. The summed E-state index contributed by atoms with van der Waals surface area (Å²) >= 11 is 0. The molecule has 1 amide bonds. The maximum absolute atomic E-state index is 11.4. The van der Waals surface area contributed by atoms with Gasteiger partial charge in [-0.05, 0) is 24.1 Å². The van der Waals surface area contributed by atoms with Crippen LogP contribution < -0.4 is 5.32 Å². The molecule has 0 spiro atoms. The molecule has 0 heterocycles. The Kier molecular flexibility index (Phi) is 6.62. The van der Waals surface area contributed by atoms with Crippen molar-refractivity contribution >= 4 is 17.9 Å². The number of carbonyl (C=O) groups is 1. The first kappa shape index (κ1) is 14.3. The van der Waals surface area contributed by atoms with Crippen LogP contribution in [-0.2, 0) is 4.74 Å². The second-order valence-corrected chi connectivity index (χ2v) is 4.15. The van der Waals surface area contributed by atoms with Crippen LogP contribution in [0, 0.1) is 0 Å². The Labute approximate surface area is 109 Å². The van der Waals surface area contributed by atoms with Gasteiger partial charge in [0.15, 0.2) is 0 Å². The number of anilines is 1. The molecule has 3 nitrogen and oxygen atoms in total. The van der Waals surface area contributed by atoms with E-state index < -0.39 is 6.09 Å². The molecule has 1 aromatic carbocycles. The third-order valence-corrected chi connectivity index (χ3v) is 2.62. The predicted molar refractivity (Wildman–Crippen MR) is 75.6 cm³/mol. The molecule has 0 aliphatic heterocycles. The van der Waals surface area contributed by atoms with Gasteiger partial charge in [0.2, 0.25) is 0 Å². The van der Waals surface area contributed by atoms with Crippen molar-refractivity contribution in [2.45, 2.75) is 32.6 Å². The number of rotatable bonds is 7. The summed E-state index contributed by atoms with van der Waals surface area (Å²) in [5, 5.41) is 2.69. The molecule has 1 aromatic rings. The summed E-state index contributed by atoms with van der Waals surface area (Å²) < 4.78 is 5.08. The SMILES string of the molecule is C=Cc1ccc(NC(=O)OCCCCCC)cc1. The van der Waals surface area contributed by atoms with Gasteiger partial charge in [-0.3, -0.25) is 5.32 Å². The number of unbranched alkanes of at least 4 members (excludes halogenated alkanes) is 3. The summed E-state index contributed by atoms with van der Waals surface area (Å²) in [6, 6.07) is 7.44. The lowest BCUT2D eigenvalue weighted by Crippen LogP contribution is -2.14. The first-order valence-electron chi connectivity index (χ1n) is 6.42. The monoisotopic (exact) mass is 247 g/mol. The van der Waals surface area contributed by atoms with Gasteiger partial charge in [0.25, 0.3) is 0 Å². The number of hydrogen-bond acceptors (Lipinski definition) is 2. The lowest BCUT2D eigenvalue weighted by Gasteiger charge is -2.07. The zero-order chi connectivity index (χ0) is 13.2. The molecule has 0 aliphatic rings. The zero-order valence-corrected chi connectivity index (χ0v) is 10.9. The number of ether oxygens (including phenoxy) is 1. The number of benzene rings is 1. The van der Waals surface area contributed by atoms with Crippen molar-refractivity contribution in [3.63, 3.8) is 0 Å². The first-order valence-corrected chi connectivity index (χ1v) is 6.42. The second-order valence-electron chi connectivity index (χ2n) is 4.15. The van der Waals surface area contributed by atoms with E-state index in [9.17, 15) is 4.79 Å².